The van der Waals surface area contributed by atoms with Crippen LogP contribution in [0.15, 0.2) is 36.5 Å². The fourth-order valence-corrected chi connectivity index (χ4v) is 5.92. The zero-order valence-corrected chi connectivity index (χ0v) is 26.2. The smallest absolute Gasteiger partial charge is 0.407 e. The van der Waals surface area contributed by atoms with Crippen molar-refractivity contribution in [1.29, 1.82) is 0 Å². The molecule has 1 saturated heterocycles. The number of nitrogens with zero attached hydrogens (tertiary/aromatic N) is 5. The van der Waals surface area contributed by atoms with E-state index < -0.39 is 29.5 Å². The molecule has 4 aromatic rings. The number of aliphatic hydroxyl groups is 1. The maximum Gasteiger partial charge on any atom is 0.407 e. The minimum absolute atomic E-state index is 0.0480. The number of nitrogens with one attached hydrogen (secondary N) is 1. The highest BCUT2D eigenvalue weighted by molar-refractivity contribution is 5.95. The van der Waals surface area contributed by atoms with Gasteiger partial charge in [-0.2, -0.15) is 5.10 Å². The van der Waals surface area contributed by atoms with Gasteiger partial charge in [0, 0.05) is 36.7 Å². The number of likely N-dealkylation sites (tertiary alicyclic amines) is 1. The monoisotopic (exact) mass is 604 g/mol. The summed E-state index contributed by atoms with van der Waals surface area (Å²) >= 11 is 0. The predicted molar refractivity (Wildman–Crippen MR) is 165 cm³/mol. The Morgan fingerprint density at radius 3 is 2.55 bits per heavy atom. The molecule has 2 fully saturated rings. The van der Waals surface area contributed by atoms with Crippen molar-refractivity contribution in [3.05, 3.63) is 53.3 Å². The highest BCUT2D eigenvalue weighted by atomic mass is 19.1. The van der Waals surface area contributed by atoms with E-state index in [-0.39, 0.29) is 25.4 Å². The van der Waals surface area contributed by atoms with Crippen molar-refractivity contribution < 1.29 is 23.8 Å². The van der Waals surface area contributed by atoms with Crippen molar-refractivity contribution in [3.8, 4) is 11.4 Å². The summed E-state index contributed by atoms with van der Waals surface area (Å²) in [6, 6.07) is 8.99. The molecule has 2 amide bonds. The maximum atomic E-state index is 14.7. The first-order valence-electron chi connectivity index (χ1n) is 15.3. The second-order valence-corrected chi connectivity index (χ2v) is 13.9. The van der Waals surface area contributed by atoms with Crippen LogP contribution in [0.4, 0.5) is 9.18 Å². The number of hydrogen-bond donors (Lipinski definition) is 2. The number of amides is 2. The Morgan fingerprint density at radius 2 is 1.86 bits per heavy atom. The molecule has 10 nitrogen and oxygen atoms in total. The molecule has 0 aromatic carbocycles. The van der Waals surface area contributed by atoms with E-state index in [0.29, 0.717) is 17.2 Å². The van der Waals surface area contributed by atoms with Crippen molar-refractivity contribution >= 4 is 28.6 Å². The molecule has 2 aliphatic rings. The summed E-state index contributed by atoms with van der Waals surface area (Å²) in [6.07, 6.45) is 2.24. The average Bonchev–Trinajstić information content (AvgIpc) is 3.59. The van der Waals surface area contributed by atoms with Crippen molar-refractivity contribution in [2.45, 2.75) is 90.8 Å². The standard InChI is InChI=1S/C33H41FN6O4/c1-19-25-11-9-22(30(41)38-17-23(34)14-24(18-38)35-31(42)44-32(2,3)4)16-40(25)37-28(19)26-13-21-10-12-27(33(5,6)43)36-29(21)39(26)15-20-7-8-20/h9-13,16,20,23-24,43H,7-8,14-15,17-18H2,1-6H3,(H,35,42)/t23-,24-/m1/s1. The molecule has 5 heterocycles. The molecule has 44 heavy (non-hydrogen) atoms. The molecule has 1 saturated carbocycles. The minimum atomic E-state index is -1.27. The number of ether oxygens (including phenoxy) is 1. The molecule has 234 valence electrons. The zero-order chi connectivity index (χ0) is 31.6. The van der Waals surface area contributed by atoms with Crippen LogP contribution in [0.5, 0.6) is 0 Å². The third-order valence-corrected chi connectivity index (χ3v) is 8.28. The lowest BCUT2D eigenvalue weighted by molar-refractivity contribution is 0.0394. The van der Waals surface area contributed by atoms with Crippen molar-refractivity contribution in [2.75, 3.05) is 13.1 Å². The Kier molecular flexibility index (Phi) is 7.42. The molecule has 0 unspecified atom stereocenters. The molecular weight excluding hydrogens is 563 g/mol. The number of pyridine rings is 2. The first-order valence-corrected chi connectivity index (χ1v) is 15.3. The fourth-order valence-electron chi connectivity index (χ4n) is 5.92. The van der Waals surface area contributed by atoms with Crippen LogP contribution < -0.4 is 5.32 Å². The number of carbonyl (C=O) groups is 2. The topological polar surface area (TPSA) is 114 Å². The molecule has 11 heteroatoms. The summed E-state index contributed by atoms with van der Waals surface area (Å²) in [5.74, 6) is 0.252. The fraction of sp³-hybridized carbons (Fsp3) is 0.515. The molecule has 0 radical (unpaired) electrons. The molecule has 1 aliphatic carbocycles. The van der Waals surface area contributed by atoms with E-state index in [9.17, 15) is 19.1 Å². The third kappa shape index (κ3) is 6.15. The number of fused-ring (bicyclic) bond motifs is 2. The average molecular weight is 605 g/mol. The van der Waals surface area contributed by atoms with Crippen LogP contribution >= 0.6 is 0 Å². The number of rotatable bonds is 6. The lowest BCUT2D eigenvalue weighted by Crippen LogP contribution is -2.54. The number of carbonyl (C=O) groups excluding carboxylic acids is 2. The van der Waals surface area contributed by atoms with Crippen molar-refractivity contribution in [2.24, 2.45) is 5.92 Å². The second-order valence-electron chi connectivity index (χ2n) is 13.9. The zero-order valence-electron chi connectivity index (χ0n) is 26.2. The summed E-state index contributed by atoms with van der Waals surface area (Å²) in [6.45, 7) is 11.7. The van der Waals surface area contributed by atoms with Crippen LogP contribution in [-0.2, 0) is 16.9 Å². The van der Waals surface area contributed by atoms with Crippen LogP contribution in [0.3, 0.4) is 0 Å². The van der Waals surface area contributed by atoms with Gasteiger partial charge in [0.1, 0.15) is 28.7 Å². The van der Waals surface area contributed by atoms with Gasteiger partial charge in [-0.25, -0.2) is 18.7 Å². The lowest BCUT2D eigenvalue weighted by Gasteiger charge is -2.35. The van der Waals surface area contributed by atoms with Gasteiger partial charge in [0.05, 0.1) is 35.1 Å². The number of hydrogen-bond acceptors (Lipinski definition) is 6. The van der Waals surface area contributed by atoms with Crippen molar-refractivity contribution in [3.63, 3.8) is 0 Å². The molecule has 2 atom stereocenters. The summed E-state index contributed by atoms with van der Waals surface area (Å²) in [5.41, 5.74) is 3.63. The van der Waals surface area contributed by atoms with Crippen LogP contribution in [-0.4, -0.2) is 72.1 Å². The van der Waals surface area contributed by atoms with Gasteiger partial charge in [-0.15, -0.1) is 0 Å². The number of aromatic nitrogens is 4. The van der Waals surface area contributed by atoms with Gasteiger partial charge in [0.15, 0.2) is 0 Å². The van der Waals surface area contributed by atoms with E-state index in [4.69, 9.17) is 14.8 Å². The Labute approximate surface area is 256 Å². The number of alkyl halides is 1. The molecule has 4 aromatic heterocycles. The summed E-state index contributed by atoms with van der Waals surface area (Å²) in [5, 5.41) is 19.2. The Bertz CT molecular complexity index is 1740. The second kappa shape index (κ2) is 10.9. The van der Waals surface area contributed by atoms with E-state index in [2.05, 4.69) is 16.0 Å². The van der Waals surface area contributed by atoms with Gasteiger partial charge in [-0.05, 0) is 90.6 Å². The minimum Gasteiger partial charge on any atom is -0.444 e. The Morgan fingerprint density at radius 1 is 1.11 bits per heavy atom. The van der Waals surface area contributed by atoms with Crippen LogP contribution in [0.2, 0.25) is 0 Å². The summed E-state index contributed by atoms with van der Waals surface area (Å²) in [7, 11) is 0. The number of piperidine rings is 1. The highest BCUT2D eigenvalue weighted by Crippen LogP contribution is 2.37. The van der Waals surface area contributed by atoms with Crippen LogP contribution in [0, 0.1) is 12.8 Å². The van der Waals surface area contributed by atoms with E-state index in [1.54, 1.807) is 51.4 Å². The largest absolute Gasteiger partial charge is 0.444 e. The van der Waals surface area contributed by atoms with Crippen molar-refractivity contribution in [1.82, 2.24) is 29.4 Å². The summed E-state index contributed by atoms with van der Waals surface area (Å²) in [4.78, 5) is 32.2. The maximum absolute atomic E-state index is 14.7. The quantitative estimate of drug-likeness (QED) is 0.306. The number of alkyl carbamates (subject to hydrolysis) is 1. The molecule has 1 aliphatic heterocycles. The van der Waals surface area contributed by atoms with E-state index in [1.165, 1.54) is 17.7 Å². The SMILES string of the molecule is Cc1c(-c2cc3ccc(C(C)(C)O)nc3n2CC2CC2)nn2cc(C(=O)N3C[C@H](F)C[C@@H](NC(=O)OC(C)(C)C)C3)ccc12. The Balaban J connectivity index is 1.30. The van der Waals surface area contributed by atoms with Gasteiger partial charge in [0.25, 0.3) is 5.91 Å². The van der Waals surface area contributed by atoms with Gasteiger partial charge in [-0.1, -0.05) is 0 Å². The highest BCUT2D eigenvalue weighted by Gasteiger charge is 2.33. The van der Waals surface area contributed by atoms with E-state index >= 15 is 0 Å². The Hall–Kier alpha value is -3.99. The predicted octanol–water partition coefficient (Wildman–Crippen LogP) is 5.37. The molecule has 0 bridgehead atoms. The summed E-state index contributed by atoms with van der Waals surface area (Å²) < 4.78 is 24.0. The van der Waals surface area contributed by atoms with E-state index in [1.807, 2.05) is 25.1 Å². The number of aryl methyl sites for hydroxylation is 1. The number of halogens is 1. The molecule has 2 N–H and O–H groups in total. The molecule has 6 rings (SSSR count). The normalized spacial score (nSPS) is 19.5. The van der Waals surface area contributed by atoms with Gasteiger partial charge in [0.2, 0.25) is 0 Å². The lowest BCUT2D eigenvalue weighted by atomic mass is 10.0. The van der Waals surface area contributed by atoms with E-state index in [0.717, 1.165) is 40.0 Å². The molecule has 0 spiro atoms. The van der Waals surface area contributed by atoms with Crippen LogP contribution in [0.1, 0.15) is 75.5 Å². The van der Waals surface area contributed by atoms with Gasteiger partial charge < -0.3 is 24.6 Å². The van der Waals surface area contributed by atoms with Gasteiger partial charge in [-0.3, -0.25) is 4.79 Å². The first kappa shape index (κ1) is 30.1. The van der Waals surface area contributed by atoms with Gasteiger partial charge >= 0.3 is 6.09 Å². The van der Waals surface area contributed by atoms with Crippen LogP contribution in [0.25, 0.3) is 27.9 Å². The molecular formula is C33H41FN6O4. The first-order chi connectivity index (χ1) is 20.7. The third-order valence-electron chi connectivity index (χ3n) is 8.28.